The summed E-state index contributed by atoms with van der Waals surface area (Å²) in [4.78, 5) is 9.03. The van der Waals surface area contributed by atoms with E-state index in [0.717, 1.165) is 28.6 Å². The minimum atomic E-state index is 0.285. The van der Waals surface area contributed by atoms with Crippen molar-refractivity contribution < 1.29 is 9.47 Å². The van der Waals surface area contributed by atoms with Gasteiger partial charge in [0, 0.05) is 24.8 Å². The van der Waals surface area contributed by atoms with E-state index in [9.17, 15) is 0 Å². The van der Waals surface area contributed by atoms with E-state index in [1.54, 1.807) is 0 Å². The summed E-state index contributed by atoms with van der Waals surface area (Å²) < 4.78 is 10.8. The fraction of sp³-hybridized carbons (Fsp3) is 0.238. The molecule has 138 valence electrons. The van der Waals surface area contributed by atoms with Crippen LogP contribution < -0.4 is 20.1 Å². The topological polar surface area (TPSA) is 68.3 Å². The van der Waals surface area contributed by atoms with Crippen molar-refractivity contribution in [3.05, 3.63) is 70.9 Å². The third-order valence-electron chi connectivity index (χ3n) is 4.34. The Morgan fingerprint density at radius 3 is 2.41 bits per heavy atom. The zero-order valence-electron chi connectivity index (χ0n) is 15.5. The highest BCUT2D eigenvalue weighted by Crippen LogP contribution is 2.32. The Bertz CT molecular complexity index is 941. The van der Waals surface area contributed by atoms with Crippen LogP contribution in [0, 0.1) is 13.8 Å². The van der Waals surface area contributed by atoms with Crippen LogP contribution in [0.5, 0.6) is 11.5 Å². The highest BCUT2D eigenvalue weighted by atomic mass is 16.7. The number of aromatic nitrogens is 2. The highest BCUT2D eigenvalue weighted by molar-refractivity contribution is 5.47. The summed E-state index contributed by atoms with van der Waals surface area (Å²) >= 11 is 0. The van der Waals surface area contributed by atoms with Crippen molar-refractivity contribution in [1.82, 2.24) is 9.97 Å². The fourth-order valence-corrected chi connectivity index (χ4v) is 2.87. The molecule has 6 heteroatoms. The first-order chi connectivity index (χ1) is 13.2. The third kappa shape index (κ3) is 4.28. The standard InChI is InChI=1S/C21H22N4O2/c1-14-3-5-16(6-4-14)11-23-21-24-15(2)9-20(25-21)22-12-17-7-8-18-19(10-17)27-13-26-18/h3-10H,11-13H2,1-2H3,(H2,22,23,24,25). The number of nitrogens with one attached hydrogen (secondary N) is 2. The number of hydrogen-bond donors (Lipinski definition) is 2. The Hall–Kier alpha value is -3.28. The van der Waals surface area contributed by atoms with Crippen LogP contribution >= 0.6 is 0 Å². The van der Waals surface area contributed by atoms with Gasteiger partial charge in [-0.15, -0.1) is 0 Å². The molecule has 0 aliphatic carbocycles. The van der Waals surface area contributed by atoms with Crippen LogP contribution in [0.2, 0.25) is 0 Å². The van der Waals surface area contributed by atoms with Crippen molar-refractivity contribution in [2.45, 2.75) is 26.9 Å². The van der Waals surface area contributed by atoms with Crippen LogP contribution in [-0.4, -0.2) is 16.8 Å². The van der Waals surface area contributed by atoms with Crippen LogP contribution in [0.3, 0.4) is 0 Å². The van der Waals surface area contributed by atoms with Gasteiger partial charge >= 0.3 is 0 Å². The van der Waals surface area contributed by atoms with E-state index in [0.29, 0.717) is 19.0 Å². The number of rotatable bonds is 6. The van der Waals surface area contributed by atoms with Gasteiger partial charge in [-0.3, -0.25) is 0 Å². The van der Waals surface area contributed by atoms with Crippen LogP contribution in [-0.2, 0) is 13.1 Å². The van der Waals surface area contributed by atoms with Gasteiger partial charge in [0.2, 0.25) is 12.7 Å². The molecule has 0 radical (unpaired) electrons. The molecular weight excluding hydrogens is 340 g/mol. The minimum absolute atomic E-state index is 0.285. The zero-order valence-corrected chi connectivity index (χ0v) is 15.5. The maximum absolute atomic E-state index is 5.43. The third-order valence-corrected chi connectivity index (χ3v) is 4.34. The molecular formula is C21H22N4O2. The second-order valence-corrected chi connectivity index (χ2v) is 6.60. The van der Waals surface area contributed by atoms with Gasteiger partial charge in [-0.25, -0.2) is 4.98 Å². The van der Waals surface area contributed by atoms with Crippen molar-refractivity contribution in [2.24, 2.45) is 0 Å². The van der Waals surface area contributed by atoms with E-state index < -0.39 is 0 Å². The first-order valence-corrected chi connectivity index (χ1v) is 8.93. The van der Waals surface area contributed by atoms with Gasteiger partial charge in [-0.1, -0.05) is 35.9 Å². The summed E-state index contributed by atoms with van der Waals surface area (Å²) in [7, 11) is 0. The Morgan fingerprint density at radius 2 is 1.56 bits per heavy atom. The summed E-state index contributed by atoms with van der Waals surface area (Å²) in [6, 6.07) is 16.3. The fourth-order valence-electron chi connectivity index (χ4n) is 2.87. The quantitative estimate of drug-likeness (QED) is 0.690. The largest absolute Gasteiger partial charge is 0.454 e. The van der Waals surface area contributed by atoms with Gasteiger partial charge < -0.3 is 20.1 Å². The smallest absolute Gasteiger partial charge is 0.231 e. The zero-order chi connectivity index (χ0) is 18.6. The van der Waals surface area contributed by atoms with E-state index in [1.165, 1.54) is 11.1 Å². The predicted molar refractivity (Wildman–Crippen MR) is 105 cm³/mol. The van der Waals surface area contributed by atoms with E-state index in [1.807, 2.05) is 31.2 Å². The number of ether oxygens (including phenoxy) is 2. The number of fused-ring (bicyclic) bond motifs is 1. The summed E-state index contributed by atoms with van der Waals surface area (Å²) in [5, 5.41) is 6.65. The summed E-state index contributed by atoms with van der Waals surface area (Å²) in [6.45, 7) is 5.66. The first-order valence-electron chi connectivity index (χ1n) is 8.93. The predicted octanol–water partition coefficient (Wildman–Crippen LogP) is 4.05. The number of anilines is 2. The molecule has 2 N–H and O–H groups in total. The molecule has 0 spiro atoms. The van der Waals surface area contributed by atoms with Gasteiger partial charge in [0.05, 0.1) is 0 Å². The molecule has 2 heterocycles. The Morgan fingerprint density at radius 1 is 0.815 bits per heavy atom. The lowest BCUT2D eigenvalue weighted by molar-refractivity contribution is 0.174. The van der Waals surface area contributed by atoms with Crippen molar-refractivity contribution in [2.75, 3.05) is 17.4 Å². The first kappa shape index (κ1) is 17.1. The van der Waals surface area contributed by atoms with E-state index in [-0.39, 0.29) is 6.79 Å². The normalized spacial score (nSPS) is 12.1. The highest BCUT2D eigenvalue weighted by Gasteiger charge is 2.13. The lowest BCUT2D eigenvalue weighted by atomic mass is 10.1. The number of hydrogen-bond acceptors (Lipinski definition) is 6. The molecule has 1 aliphatic heterocycles. The molecule has 1 aliphatic rings. The maximum Gasteiger partial charge on any atom is 0.231 e. The van der Waals surface area contributed by atoms with Gasteiger partial charge in [-0.05, 0) is 37.1 Å². The molecule has 3 aromatic rings. The molecule has 0 bridgehead atoms. The minimum Gasteiger partial charge on any atom is -0.454 e. The SMILES string of the molecule is Cc1ccc(CNc2nc(C)cc(NCc3ccc4c(c3)OCO4)n2)cc1. The molecule has 0 saturated heterocycles. The molecule has 0 unspecified atom stereocenters. The second kappa shape index (κ2) is 7.53. The van der Waals surface area contributed by atoms with E-state index in [2.05, 4.69) is 51.8 Å². The van der Waals surface area contributed by atoms with E-state index >= 15 is 0 Å². The molecule has 4 rings (SSSR count). The van der Waals surface area contributed by atoms with Crippen molar-refractivity contribution in [1.29, 1.82) is 0 Å². The number of nitrogens with zero attached hydrogens (tertiary/aromatic N) is 2. The van der Waals surface area contributed by atoms with E-state index in [4.69, 9.17) is 9.47 Å². The maximum atomic E-state index is 5.43. The van der Waals surface area contributed by atoms with Crippen LogP contribution in [0.15, 0.2) is 48.5 Å². The van der Waals surface area contributed by atoms with Gasteiger partial charge in [0.1, 0.15) is 5.82 Å². The average molecular weight is 362 g/mol. The molecule has 0 fully saturated rings. The molecule has 0 atom stereocenters. The molecule has 0 amide bonds. The van der Waals surface area contributed by atoms with Crippen molar-refractivity contribution >= 4 is 11.8 Å². The Labute approximate surface area is 158 Å². The van der Waals surface area contributed by atoms with Crippen molar-refractivity contribution in [3.8, 4) is 11.5 Å². The van der Waals surface area contributed by atoms with Crippen LogP contribution in [0.4, 0.5) is 11.8 Å². The molecule has 6 nitrogen and oxygen atoms in total. The molecule has 2 aromatic carbocycles. The van der Waals surface area contributed by atoms with Gasteiger partial charge in [0.25, 0.3) is 0 Å². The molecule has 27 heavy (non-hydrogen) atoms. The van der Waals surface area contributed by atoms with Crippen LogP contribution in [0.25, 0.3) is 0 Å². The summed E-state index contributed by atoms with van der Waals surface area (Å²) in [5.74, 6) is 2.98. The average Bonchev–Trinajstić information content (AvgIpc) is 3.13. The Kier molecular flexibility index (Phi) is 4.78. The lowest BCUT2D eigenvalue weighted by Gasteiger charge is -2.10. The Balaban J connectivity index is 1.40. The molecule has 1 aromatic heterocycles. The summed E-state index contributed by atoms with van der Waals surface area (Å²) in [6.07, 6.45) is 0. The number of benzene rings is 2. The second-order valence-electron chi connectivity index (χ2n) is 6.60. The monoisotopic (exact) mass is 362 g/mol. The van der Waals surface area contributed by atoms with Gasteiger partial charge in [0.15, 0.2) is 11.5 Å². The van der Waals surface area contributed by atoms with Crippen molar-refractivity contribution in [3.63, 3.8) is 0 Å². The van der Waals surface area contributed by atoms with Gasteiger partial charge in [-0.2, -0.15) is 4.98 Å². The molecule has 0 saturated carbocycles. The lowest BCUT2D eigenvalue weighted by Crippen LogP contribution is -2.08. The number of aryl methyl sites for hydroxylation is 2. The summed E-state index contributed by atoms with van der Waals surface area (Å²) in [5.41, 5.74) is 4.45. The van der Waals surface area contributed by atoms with Crippen LogP contribution in [0.1, 0.15) is 22.4 Å².